The fraction of sp³-hybridized carbons (Fsp3) is 0.464. The Hall–Kier alpha value is -3.08. The molecule has 2 heterocycles. The van der Waals surface area contributed by atoms with Gasteiger partial charge in [0, 0.05) is 29.3 Å². The van der Waals surface area contributed by atoms with Gasteiger partial charge in [-0.15, -0.1) is 0 Å². The number of carbonyl (C=O) groups excluding carboxylic acids is 3. The Bertz CT molecular complexity index is 1350. The Kier molecular flexibility index (Phi) is 7.27. The molecule has 2 bridgehead atoms. The second kappa shape index (κ2) is 10.7. The van der Waals surface area contributed by atoms with E-state index in [0.717, 1.165) is 18.9 Å². The maximum atomic E-state index is 13.6. The third-order valence-electron chi connectivity index (χ3n) is 8.15. The summed E-state index contributed by atoms with van der Waals surface area (Å²) in [6.07, 6.45) is 1.77. The highest BCUT2D eigenvalue weighted by molar-refractivity contribution is 6.31. The van der Waals surface area contributed by atoms with Gasteiger partial charge in [0.15, 0.2) is 12.7 Å². The molecule has 2 aromatic carbocycles. The predicted octanol–water partition coefficient (Wildman–Crippen LogP) is 3.50. The van der Waals surface area contributed by atoms with E-state index in [1.54, 1.807) is 23.1 Å². The second-order valence-corrected chi connectivity index (χ2v) is 11.8. The third kappa shape index (κ3) is 5.32. The van der Waals surface area contributed by atoms with Crippen LogP contribution < -0.4 is 25.0 Å². The summed E-state index contributed by atoms with van der Waals surface area (Å²) in [6.45, 7) is 0.679. The van der Waals surface area contributed by atoms with Crippen LogP contribution in [0.25, 0.3) is 0 Å². The minimum absolute atomic E-state index is 0.0233. The number of fused-ring (bicyclic) bond motifs is 2. The lowest BCUT2D eigenvalue weighted by atomic mass is 9.76. The van der Waals surface area contributed by atoms with Crippen molar-refractivity contribution in [3.05, 3.63) is 52.3 Å². The Labute approximate surface area is 240 Å². The van der Waals surface area contributed by atoms with E-state index in [1.165, 1.54) is 12.1 Å². The van der Waals surface area contributed by atoms with Gasteiger partial charge in [-0.2, -0.15) is 0 Å². The van der Waals surface area contributed by atoms with Crippen LogP contribution in [0.1, 0.15) is 25.7 Å². The highest BCUT2D eigenvalue weighted by Crippen LogP contribution is 2.52. The van der Waals surface area contributed by atoms with Crippen LogP contribution in [-0.4, -0.2) is 61.8 Å². The summed E-state index contributed by atoms with van der Waals surface area (Å²) in [5.74, 6) is -0.788. The molecule has 9 nitrogen and oxygen atoms in total. The molecule has 1 saturated heterocycles. The number of nitrogens with one attached hydrogen (secondary N) is 2. The lowest BCUT2D eigenvalue weighted by Crippen LogP contribution is -2.59. The van der Waals surface area contributed by atoms with Crippen molar-refractivity contribution in [2.24, 2.45) is 11.8 Å². The molecule has 2 aromatic rings. The van der Waals surface area contributed by atoms with E-state index in [1.807, 2.05) is 0 Å². The van der Waals surface area contributed by atoms with E-state index in [2.05, 4.69) is 10.6 Å². The Morgan fingerprint density at radius 2 is 1.95 bits per heavy atom. The molecule has 4 fully saturated rings. The summed E-state index contributed by atoms with van der Waals surface area (Å²) >= 11 is 11.9. The maximum absolute atomic E-state index is 13.6. The molecule has 0 spiro atoms. The average Bonchev–Trinajstić information content (AvgIpc) is 3.64. The summed E-state index contributed by atoms with van der Waals surface area (Å²) < 4.78 is 30.4. The fourth-order valence-corrected chi connectivity index (χ4v) is 6.45. The molecule has 2 aliphatic heterocycles. The number of halogens is 3. The largest absolute Gasteiger partial charge is 0.484 e. The third-order valence-corrected chi connectivity index (χ3v) is 8.69. The van der Waals surface area contributed by atoms with Gasteiger partial charge in [0.25, 0.3) is 11.8 Å². The number of hydrogen-bond donors (Lipinski definition) is 2. The number of benzene rings is 2. The molecular formula is C28H28Cl2FN3O6. The van der Waals surface area contributed by atoms with Crippen molar-refractivity contribution in [3.63, 3.8) is 0 Å². The van der Waals surface area contributed by atoms with E-state index >= 15 is 0 Å². The van der Waals surface area contributed by atoms with Crippen molar-refractivity contribution in [2.75, 3.05) is 31.3 Å². The van der Waals surface area contributed by atoms with Gasteiger partial charge in [-0.25, -0.2) is 4.39 Å². The van der Waals surface area contributed by atoms with Crippen molar-refractivity contribution in [1.82, 2.24) is 10.6 Å². The molecule has 0 aromatic heterocycles. The van der Waals surface area contributed by atoms with Gasteiger partial charge in [-0.05, 0) is 61.9 Å². The van der Waals surface area contributed by atoms with Crippen molar-refractivity contribution >= 4 is 46.6 Å². The molecular weight excluding hydrogens is 564 g/mol. The molecule has 5 aliphatic rings. The Morgan fingerprint density at radius 1 is 1.12 bits per heavy atom. The summed E-state index contributed by atoms with van der Waals surface area (Å²) in [7, 11) is 0. The van der Waals surface area contributed by atoms with Gasteiger partial charge in [0.2, 0.25) is 5.91 Å². The minimum Gasteiger partial charge on any atom is -0.484 e. The Morgan fingerprint density at radius 3 is 2.70 bits per heavy atom. The topological polar surface area (TPSA) is 106 Å². The molecule has 0 radical (unpaired) electrons. The minimum atomic E-state index is -0.893. The number of amides is 3. The van der Waals surface area contributed by atoms with Crippen LogP contribution in [0.3, 0.4) is 0 Å². The molecule has 3 unspecified atom stereocenters. The van der Waals surface area contributed by atoms with E-state index in [0.29, 0.717) is 42.5 Å². The van der Waals surface area contributed by atoms with Gasteiger partial charge in [0.05, 0.1) is 29.8 Å². The molecule has 3 atom stereocenters. The lowest BCUT2D eigenvalue weighted by Gasteiger charge is -2.41. The fourth-order valence-electron chi connectivity index (χ4n) is 6.16. The zero-order chi connectivity index (χ0) is 28.0. The maximum Gasteiger partial charge on any atom is 0.263 e. The Balaban J connectivity index is 1.06. The van der Waals surface area contributed by atoms with E-state index < -0.39 is 17.5 Å². The molecule has 40 heavy (non-hydrogen) atoms. The summed E-state index contributed by atoms with van der Waals surface area (Å²) in [4.78, 5) is 40.8. The van der Waals surface area contributed by atoms with Crippen molar-refractivity contribution in [2.45, 2.75) is 43.4 Å². The summed E-state index contributed by atoms with van der Waals surface area (Å²) in [6, 6.07) is 8.87. The highest BCUT2D eigenvalue weighted by atomic mass is 35.5. The molecule has 3 amide bonds. The monoisotopic (exact) mass is 591 g/mol. The molecule has 3 saturated carbocycles. The molecule has 12 heteroatoms. The summed E-state index contributed by atoms with van der Waals surface area (Å²) in [5.41, 5.74) is 0.0972. The van der Waals surface area contributed by atoms with E-state index in [-0.39, 0.29) is 59.5 Å². The number of hydrogen-bond acceptors (Lipinski definition) is 6. The van der Waals surface area contributed by atoms with Crippen LogP contribution in [0.5, 0.6) is 11.5 Å². The number of ether oxygens (including phenoxy) is 3. The van der Waals surface area contributed by atoms with Gasteiger partial charge in [-0.3, -0.25) is 14.4 Å². The van der Waals surface area contributed by atoms with Crippen LogP contribution in [0.2, 0.25) is 10.0 Å². The quantitative estimate of drug-likeness (QED) is 0.510. The van der Waals surface area contributed by atoms with Crippen molar-refractivity contribution in [1.29, 1.82) is 0 Å². The first-order valence-corrected chi connectivity index (χ1v) is 14.0. The molecule has 2 N–H and O–H groups in total. The first-order valence-electron chi connectivity index (χ1n) is 13.2. The van der Waals surface area contributed by atoms with Crippen molar-refractivity contribution < 1.29 is 33.0 Å². The predicted molar refractivity (Wildman–Crippen MR) is 144 cm³/mol. The van der Waals surface area contributed by atoms with E-state index in [4.69, 9.17) is 37.4 Å². The molecule has 3 aliphatic carbocycles. The summed E-state index contributed by atoms with van der Waals surface area (Å²) in [5, 5.41) is 6.56. The highest BCUT2D eigenvalue weighted by Gasteiger charge is 2.57. The average molecular weight is 592 g/mol. The standard InChI is InChI=1S/C28H28Cl2FN3O6/c29-17-1-4-23-22(7-17)34(27(37)15-5-6-38-13-15)12-24(40-23)26(36)33-28-9-16(10-28)21(11-28)32-25(35)14-39-18-2-3-19(30)20(31)8-18/h1-4,7-8,15-16,21,24H,5-6,9-14H2,(H,32,35)(H,33,36). The molecule has 7 rings (SSSR count). The van der Waals surface area contributed by atoms with E-state index in [9.17, 15) is 18.8 Å². The van der Waals surface area contributed by atoms with Gasteiger partial charge < -0.3 is 29.7 Å². The first-order chi connectivity index (χ1) is 19.2. The SMILES string of the molecule is O=C(COc1ccc(Cl)c(F)c1)NC1CC2(NC(=O)C3CN(C(=O)C4CCOC4)c4cc(Cl)ccc4O3)CC1C2. The van der Waals surface area contributed by atoms with Gasteiger partial charge >= 0.3 is 0 Å². The van der Waals surface area contributed by atoms with Crippen LogP contribution in [0.4, 0.5) is 10.1 Å². The van der Waals surface area contributed by atoms with Crippen molar-refractivity contribution in [3.8, 4) is 11.5 Å². The van der Waals surface area contributed by atoms with Gasteiger partial charge in [-0.1, -0.05) is 23.2 Å². The van der Waals surface area contributed by atoms with Crippen LogP contribution in [0.15, 0.2) is 36.4 Å². The number of nitrogens with zero attached hydrogens (tertiary/aromatic N) is 1. The number of carbonyl (C=O) groups is 3. The number of rotatable bonds is 7. The molecule has 212 valence electrons. The first kappa shape index (κ1) is 27.1. The second-order valence-electron chi connectivity index (χ2n) is 10.9. The van der Waals surface area contributed by atoms with Crippen LogP contribution in [-0.2, 0) is 19.1 Å². The number of anilines is 1. The normalized spacial score (nSPS) is 28.2. The lowest BCUT2D eigenvalue weighted by molar-refractivity contribution is -0.131. The zero-order valence-electron chi connectivity index (χ0n) is 21.5. The zero-order valence-corrected chi connectivity index (χ0v) is 23.0. The smallest absolute Gasteiger partial charge is 0.263 e. The van der Waals surface area contributed by atoms with Gasteiger partial charge in [0.1, 0.15) is 17.3 Å². The van der Waals surface area contributed by atoms with Crippen LogP contribution in [0, 0.1) is 17.7 Å². The van der Waals surface area contributed by atoms with Crippen LogP contribution >= 0.6 is 23.2 Å².